The molecule has 78 heavy (non-hydrogen) atoms. The van der Waals surface area contributed by atoms with E-state index in [0.29, 0.717) is 19.3 Å². The lowest BCUT2D eigenvalue weighted by molar-refractivity contribution is -0.167. The van der Waals surface area contributed by atoms with E-state index in [-0.39, 0.29) is 31.1 Å². The summed E-state index contributed by atoms with van der Waals surface area (Å²) < 4.78 is 16.9. The topological polar surface area (TPSA) is 78.9 Å². The minimum Gasteiger partial charge on any atom is -0.462 e. The second-order valence-electron chi connectivity index (χ2n) is 23.4. The summed E-state index contributed by atoms with van der Waals surface area (Å²) >= 11 is 0. The van der Waals surface area contributed by atoms with Crippen molar-refractivity contribution in [3.05, 3.63) is 48.6 Å². The van der Waals surface area contributed by atoms with Gasteiger partial charge in [0, 0.05) is 19.3 Å². The van der Waals surface area contributed by atoms with Crippen LogP contribution in [0, 0.1) is 0 Å². The Bertz CT molecular complexity index is 1350. The third-order valence-corrected chi connectivity index (χ3v) is 15.6. The van der Waals surface area contributed by atoms with E-state index in [9.17, 15) is 14.4 Å². The first-order valence-corrected chi connectivity index (χ1v) is 34.6. The smallest absolute Gasteiger partial charge is 0.306 e. The molecule has 0 aliphatic rings. The summed E-state index contributed by atoms with van der Waals surface area (Å²) in [5.41, 5.74) is 0. The van der Waals surface area contributed by atoms with E-state index in [1.807, 2.05) is 0 Å². The monoisotopic (exact) mass is 1090 g/mol. The summed E-state index contributed by atoms with van der Waals surface area (Å²) in [4.78, 5) is 38.3. The molecule has 0 aliphatic heterocycles. The average Bonchev–Trinajstić information content (AvgIpc) is 3.44. The largest absolute Gasteiger partial charge is 0.462 e. The first kappa shape index (κ1) is 75.4. The third-order valence-electron chi connectivity index (χ3n) is 15.6. The van der Waals surface area contributed by atoms with Gasteiger partial charge in [0.2, 0.25) is 0 Å². The van der Waals surface area contributed by atoms with E-state index in [1.165, 1.54) is 250 Å². The molecule has 0 aromatic carbocycles. The van der Waals surface area contributed by atoms with Crippen LogP contribution in [0.4, 0.5) is 0 Å². The van der Waals surface area contributed by atoms with E-state index in [2.05, 4.69) is 69.4 Å². The molecule has 0 amide bonds. The Hall–Kier alpha value is -2.63. The Morgan fingerprint density at radius 1 is 0.269 bits per heavy atom. The number of esters is 3. The first-order chi connectivity index (χ1) is 38.5. The molecule has 0 spiro atoms. The van der Waals surface area contributed by atoms with Crippen LogP contribution in [0.2, 0.25) is 0 Å². The molecule has 0 aromatic heterocycles. The molecule has 0 aromatic rings. The molecule has 1 unspecified atom stereocenters. The summed E-state index contributed by atoms with van der Waals surface area (Å²) in [6, 6.07) is 0. The van der Waals surface area contributed by atoms with E-state index < -0.39 is 6.10 Å². The molecule has 0 bridgehead atoms. The highest BCUT2D eigenvalue weighted by Gasteiger charge is 2.19. The Balaban J connectivity index is 4.20. The van der Waals surface area contributed by atoms with Gasteiger partial charge in [0.15, 0.2) is 6.10 Å². The fourth-order valence-electron chi connectivity index (χ4n) is 10.4. The molecule has 0 saturated carbocycles. The zero-order valence-electron chi connectivity index (χ0n) is 52.5. The summed E-state index contributed by atoms with van der Waals surface area (Å²) in [6.07, 6.45) is 84.4. The number of ether oxygens (including phenoxy) is 3. The molecular weight excluding hydrogens is 961 g/mol. The van der Waals surface area contributed by atoms with Crippen molar-refractivity contribution in [2.75, 3.05) is 13.2 Å². The molecule has 1 atom stereocenters. The fourth-order valence-corrected chi connectivity index (χ4v) is 10.4. The second kappa shape index (κ2) is 66.9. The van der Waals surface area contributed by atoms with Gasteiger partial charge in [-0.05, 0) is 77.0 Å². The van der Waals surface area contributed by atoms with Gasteiger partial charge in [-0.3, -0.25) is 14.4 Å². The lowest BCUT2D eigenvalue weighted by Crippen LogP contribution is -2.30. The number of hydrogen-bond donors (Lipinski definition) is 0. The van der Waals surface area contributed by atoms with Crippen molar-refractivity contribution in [3.8, 4) is 0 Å². The molecule has 456 valence electrons. The molecule has 6 heteroatoms. The van der Waals surface area contributed by atoms with Crippen LogP contribution in [0.5, 0.6) is 0 Å². The van der Waals surface area contributed by atoms with E-state index in [4.69, 9.17) is 14.2 Å². The highest BCUT2D eigenvalue weighted by molar-refractivity contribution is 5.71. The van der Waals surface area contributed by atoms with Crippen molar-refractivity contribution >= 4 is 17.9 Å². The molecule has 0 aliphatic carbocycles. The molecule has 0 radical (unpaired) electrons. The number of allylic oxidation sites excluding steroid dienone is 8. The number of carbonyl (C=O) groups is 3. The maximum Gasteiger partial charge on any atom is 0.306 e. The van der Waals surface area contributed by atoms with Gasteiger partial charge < -0.3 is 14.2 Å². The zero-order valence-corrected chi connectivity index (χ0v) is 52.5. The van der Waals surface area contributed by atoms with Gasteiger partial charge in [0.05, 0.1) is 0 Å². The molecule has 0 saturated heterocycles. The fraction of sp³-hybridized carbons (Fsp3) is 0.847. The molecule has 0 rings (SSSR count). The van der Waals surface area contributed by atoms with Crippen LogP contribution < -0.4 is 0 Å². The number of unbranched alkanes of at least 4 members (excludes halogenated alkanes) is 45. The maximum absolute atomic E-state index is 12.9. The summed E-state index contributed by atoms with van der Waals surface area (Å²) in [7, 11) is 0. The Labute approximate surface area is 486 Å². The van der Waals surface area contributed by atoms with Gasteiger partial charge in [-0.25, -0.2) is 0 Å². The van der Waals surface area contributed by atoms with E-state index in [0.717, 1.165) is 83.5 Å². The van der Waals surface area contributed by atoms with Crippen molar-refractivity contribution in [1.29, 1.82) is 0 Å². The predicted octanol–water partition coefficient (Wildman–Crippen LogP) is 23.7. The highest BCUT2D eigenvalue weighted by atomic mass is 16.6. The number of hydrogen-bond acceptors (Lipinski definition) is 6. The molecular formula is C72H132O6. The van der Waals surface area contributed by atoms with E-state index >= 15 is 0 Å². The summed E-state index contributed by atoms with van der Waals surface area (Å²) in [5, 5.41) is 0. The second-order valence-corrected chi connectivity index (χ2v) is 23.4. The average molecular weight is 1090 g/mol. The van der Waals surface area contributed by atoms with E-state index in [1.54, 1.807) is 0 Å². The van der Waals surface area contributed by atoms with Crippen LogP contribution in [-0.2, 0) is 28.6 Å². The van der Waals surface area contributed by atoms with Gasteiger partial charge in [-0.1, -0.05) is 326 Å². The van der Waals surface area contributed by atoms with Gasteiger partial charge in [0.25, 0.3) is 0 Å². The minimum absolute atomic E-state index is 0.0795. The Kier molecular flexibility index (Phi) is 64.6. The zero-order chi connectivity index (χ0) is 56.4. The van der Waals surface area contributed by atoms with Crippen molar-refractivity contribution < 1.29 is 28.6 Å². The maximum atomic E-state index is 12.9. The quantitative estimate of drug-likeness (QED) is 0.0261. The van der Waals surface area contributed by atoms with Crippen molar-refractivity contribution in [2.24, 2.45) is 0 Å². The summed E-state index contributed by atoms with van der Waals surface area (Å²) in [5.74, 6) is -0.889. The molecule has 0 fully saturated rings. The standard InChI is InChI=1S/C72H132O6/c1-4-7-10-13-16-19-22-25-27-29-31-32-33-34-35-36-37-38-39-41-42-44-47-50-53-56-59-62-65-71(74)77-68-69(67-76-70(73)64-61-58-55-52-49-46-24-21-18-15-12-9-6-3)78-72(75)66-63-60-57-54-51-48-45-43-40-30-28-26-23-20-17-14-11-8-5-2/h9,12,18,21,26,28,46,49,69H,4-8,10-11,13-17,19-20,22-25,27,29-45,47-48,50-68H2,1-3H3/b12-9-,21-18-,28-26-,49-46-. The van der Waals surface area contributed by atoms with Crippen LogP contribution >= 0.6 is 0 Å². The van der Waals surface area contributed by atoms with Crippen LogP contribution in [0.15, 0.2) is 48.6 Å². The van der Waals surface area contributed by atoms with Crippen molar-refractivity contribution in [3.63, 3.8) is 0 Å². The predicted molar refractivity (Wildman–Crippen MR) is 339 cm³/mol. The first-order valence-electron chi connectivity index (χ1n) is 34.6. The van der Waals surface area contributed by atoms with Crippen LogP contribution in [-0.4, -0.2) is 37.2 Å². The number of rotatable bonds is 64. The van der Waals surface area contributed by atoms with Crippen molar-refractivity contribution in [2.45, 2.75) is 380 Å². The third kappa shape index (κ3) is 64.2. The van der Waals surface area contributed by atoms with Gasteiger partial charge in [0.1, 0.15) is 13.2 Å². The molecule has 6 nitrogen and oxygen atoms in total. The lowest BCUT2D eigenvalue weighted by Gasteiger charge is -2.18. The van der Waals surface area contributed by atoms with Crippen molar-refractivity contribution in [1.82, 2.24) is 0 Å². The number of carbonyl (C=O) groups excluding carboxylic acids is 3. The Morgan fingerprint density at radius 2 is 0.500 bits per heavy atom. The lowest BCUT2D eigenvalue weighted by atomic mass is 10.0. The van der Waals surface area contributed by atoms with Gasteiger partial charge in [-0.2, -0.15) is 0 Å². The van der Waals surface area contributed by atoms with Gasteiger partial charge in [-0.15, -0.1) is 0 Å². The SMILES string of the molecule is CC/C=C\C/C=C\C/C=C\CCCCCC(=O)OCC(COC(=O)CCCCCCCCCCCCCCCCCCCCCCCCCCCCCC)OC(=O)CCCCCCCCCCC/C=C\CCCCCCCC. The minimum atomic E-state index is -0.785. The molecule has 0 heterocycles. The van der Waals surface area contributed by atoms with Gasteiger partial charge >= 0.3 is 17.9 Å². The van der Waals surface area contributed by atoms with Crippen LogP contribution in [0.25, 0.3) is 0 Å². The molecule has 0 N–H and O–H groups in total. The van der Waals surface area contributed by atoms with Crippen LogP contribution in [0.3, 0.4) is 0 Å². The normalized spacial score (nSPS) is 12.3. The van der Waals surface area contributed by atoms with Crippen LogP contribution in [0.1, 0.15) is 374 Å². The summed E-state index contributed by atoms with van der Waals surface area (Å²) in [6.45, 7) is 6.56. The Morgan fingerprint density at radius 3 is 0.808 bits per heavy atom. The highest BCUT2D eigenvalue weighted by Crippen LogP contribution is 2.18.